The zero-order valence-electron chi connectivity index (χ0n) is 19.6. The number of nitrogens with zero attached hydrogens (tertiary/aromatic N) is 1. The predicted molar refractivity (Wildman–Crippen MR) is 129 cm³/mol. The quantitative estimate of drug-likeness (QED) is 0.541. The van der Waals surface area contributed by atoms with Crippen molar-refractivity contribution in [2.45, 2.75) is 70.0 Å². The lowest BCUT2D eigenvalue weighted by atomic mass is 9.96. The van der Waals surface area contributed by atoms with E-state index in [1.54, 1.807) is 0 Å². The lowest BCUT2D eigenvalue weighted by Gasteiger charge is -2.38. The van der Waals surface area contributed by atoms with Crippen LogP contribution in [0.5, 0.6) is 5.75 Å². The number of allylic oxidation sites excluding steroid dienone is 1. The number of hydrogen-bond donors (Lipinski definition) is 4. The maximum Gasteiger partial charge on any atom is 0.133 e. The first-order chi connectivity index (χ1) is 15.6. The Morgan fingerprint density at radius 1 is 1.16 bits per heavy atom. The minimum absolute atomic E-state index is 0.0169. The van der Waals surface area contributed by atoms with E-state index >= 15 is 0 Å². The van der Waals surface area contributed by atoms with E-state index in [4.69, 9.17) is 9.47 Å². The van der Waals surface area contributed by atoms with Gasteiger partial charge in [-0.3, -0.25) is 16.0 Å². The Bertz CT molecular complexity index is 823. The molecule has 0 saturated carbocycles. The monoisotopic (exact) mass is 441 g/mol. The zero-order chi connectivity index (χ0) is 21.9. The maximum atomic E-state index is 6.07. The Morgan fingerprint density at radius 2 is 2.09 bits per heavy atom. The highest BCUT2D eigenvalue weighted by Gasteiger charge is 2.27. The molecule has 4 heterocycles. The molecule has 4 aliphatic rings. The van der Waals surface area contributed by atoms with Crippen molar-refractivity contribution in [3.8, 4) is 5.75 Å². The van der Waals surface area contributed by atoms with Gasteiger partial charge in [-0.15, -0.1) is 0 Å². The second kappa shape index (κ2) is 10.1. The Morgan fingerprint density at radius 3 is 2.97 bits per heavy atom. The molecule has 1 aromatic rings. The van der Waals surface area contributed by atoms with Gasteiger partial charge in [-0.05, 0) is 70.3 Å². The highest BCUT2D eigenvalue weighted by atomic mass is 16.5. The van der Waals surface area contributed by atoms with E-state index in [-0.39, 0.29) is 12.5 Å². The Labute approximate surface area is 192 Å². The summed E-state index contributed by atoms with van der Waals surface area (Å²) in [6.07, 6.45) is 9.72. The van der Waals surface area contributed by atoms with Crippen molar-refractivity contribution in [2.24, 2.45) is 0 Å². The van der Waals surface area contributed by atoms with Crippen molar-refractivity contribution in [3.63, 3.8) is 0 Å². The summed E-state index contributed by atoms with van der Waals surface area (Å²) < 4.78 is 11.9. The van der Waals surface area contributed by atoms with Gasteiger partial charge in [0.1, 0.15) is 12.0 Å². The summed E-state index contributed by atoms with van der Waals surface area (Å²) in [5.41, 5.74) is 5.17. The molecule has 2 fully saturated rings. The molecular formula is C25H39N5O2. The molecule has 4 aliphatic heterocycles. The van der Waals surface area contributed by atoms with Crippen molar-refractivity contribution in [2.75, 3.05) is 45.2 Å². The fraction of sp³-hybridized carbons (Fsp3) is 0.680. The summed E-state index contributed by atoms with van der Waals surface area (Å²) in [4.78, 5) is 2.39. The summed E-state index contributed by atoms with van der Waals surface area (Å²) in [5.74, 6) is 1.10. The van der Waals surface area contributed by atoms with Crippen LogP contribution in [0.15, 0.2) is 18.2 Å². The Kier molecular flexibility index (Phi) is 6.99. The SMILES string of the molecule is CC1CC(NCC2CCCO2)NC(Nc2cc3c(c(C4=CCN(C)CCC4)c2)OCC3)N1. The molecule has 7 nitrogen and oxygen atoms in total. The number of likely N-dealkylation sites (N-methyl/N-ethyl adjacent to an activating group) is 1. The van der Waals surface area contributed by atoms with Gasteiger partial charge in [0.25, 0.3) is 0 Å². The molecule has 0 spiro atoms. The maximum absolute atomic E-state index is 6.07. The first-order valence-electron chi connectivity index (χ1n) is 12.5. The molecule has 0 bridgehead atoms. The van der Waals surface area contributed by atoms with Gasteiger partial charge in [0.2, 0.25) is 0 Å². The molecule has 0 aromatic heterocycles. The van der Waals surface area contributed by atoms with Gasteiger partial charge in [-0.1, -0.05) is 6.08 Å². The van der Waals surface area contributed by atoms with Crippen LogP contribution in [-0.4, -0.2) is 69.4 Å². The average Bonchev–Trinajstić information content (AvgIpc) is 3.41. The van der Waals surface area contributed by atoms with Crippen molar-refractivity contribution < 1.29 is 9.47 Å². The van der Waals surface area contributed by atoms with E-state index in [2.05, 4.69) is 58.3 Å². The van der Waals surface area contributed by atoms with Gasteiger partial charge in [0.15, 0.2) is 0 Å². The first-order valence-corrected chi connectivity index (χ1v) is 12.5. The summed E-state index contributed by atoms with van der Waals surface area (Å²) >= 11 is 0. The number of ether oxygens (including phenoxy) is 2. The lowest BCUT2D eigenvalue weighted by Crippen LogP contribution is -2.64. The molecule has 7 heteroatoms. The molecule has 1 aromatic carbocycles. The van der Waals surface area contributed by atoms with Gasteiger partial charge in [0, 0.05) is 49.0 Å². The van der Waals surface area contributed by atoms with Crippen LogP contribution in [0.4, 0.5) is 5.69 Å². The van der Waals surface area contributed by atoms with Crippen LogP contribution in [0.3, 0.4) is 0 Å². The molecule has 4 unspecified atom stereocenters. The van der Waals surface area contributed by atoms with Crippen LogP contribution < -0.4 is 26.0 Å². The van der Waals surface area contributed by atoms with E-state index in [0.29, 0.717) is 12.1 Å². The number of benzene rings is 1. The predicted octanol–water partition coefficient (Wildman–Crippen LogP) is 2.49. The smallest absolute Gasteiger partial charge is 0.133 e. The van der Waals surface area contributed by atoms with E-state index < -0.39 is 0 Å². The number of nitrogens with one attached hydrogen (secondary N) is 4. The highest BCUT2D eigenvalue weighted by Crippen LogP contribution is 2.39. The molecule has 4 atom stereocenters. The summed E-state index contributed by atoms with van der Waals surface area (Å²) in [6.45, 7) is 7.01. The highest BCUT2D eigenvalue weighted by molar-refractivity contribution is 5.76. The number of rotatable bonds is 6. The normalized spacial score (nSPS) is 31.0. The van der Waals surface area contributed by atoms with E-state index in [9.17, 15) is 0 Å². The molecule has 0 amide bonds. The molecular weight excluding hydrogens is 402 g/mol. The minimum Gasteiger partial charge on any atom is -0.492 e. The second-order valence-corrected chi connectivity index (χ2v) is 9.85. The Hall–Kier alpha value is -1.64. The summed E-state index contributed by atoms with van der Waals surface area (Å²) in [7, 11) is 2.20. The van der Waals surface area contributed by atoms with Crippen LogP contribution in [-0.2, 0) is 11.2 Å². The Balaban J connectivity index is 1.29. The summed E-state index contributed by atoms with van der Waals surface area (Å²) in [6, 6.07) is 4.99. The van der Waals surface area contributed by atoms with Crippen LogP contribution in [0.1, 0.15) is 50.2 Å². The molecule has 32 heavy (non-hydrogen) atoms. The zero-order valence-corrected chi connectivity index (χ0v) is 19.6. The molecule has 4 N–H and O–H groups in total. The van der Waals surface area contributed by atoms with Crippen LogP contribution >= 0.6 is 0 Å². The standard InChI is InChI=1S/C25H39N5O2/c1-17-13-23(26-16-21-6-4-11-31-21)29-25(27-17)28-20-14-19-8-12-32-24(19)22(15-20)18-5-3-9-30(2)10-7-18/h7,14-15,17,21,23,25-29H,3-6,8-13,16H2,1-2H3. The average molecular weight is 442 g/mol. The van der Waals surface area contributed by atoms with Crippen molar-refractivity contribution in [1.82, 2.24) is 20.9 Å². The second-order valence-electron chi connectivity index (χ2n) is 9.85. The van der Waals surface area contributed by atoms with Gasteiger partial charge >= 0.3 is 0 Å². The van der Waals surface area contributed by atoms with Gasteiger partial charge in [0.05, 0.1) is 18.9 Å². The van der Waals surface area contributed by atoms with Crippen molar-refractivity contribution in [3.05, 3.63) is 29.3 Å². The number of hydrogen-bond acceptors (Lipinski definition) is 7. The third-order valence-electron chi connectivity index (χ3n) is 7.10. The minimum atomic E-state index is 0.0169. The van der Waals surface area contributed by atoms with Crippen LogP contribution in [0.2, 0.25) is 0 Å². The van der Waals surface area contributed by atoms with E-state index in [1.165, 1.54) is 36.0 Å². The largest absolute Gasteiger partial charge is 0.492 e. The fourth-order valence-corrected chi connectivity index (χ4v) is 5.37. The van der Waals surface area contributed by atoms with Gasteiger partial charge < -0.3 is 19.7 Å². The first kappa shape index (κ1) is 22.2. The third kappa shape index (κ3) is 5.29. The van der Waals surface area contributed by atoms with Crippen molar-refractivity contribution >= 4 is 11.3 Å². The number of anilines is 1. The van der Waals surface area contributed by atoms with Gasteiger partial charge in [-0.2, -0.15) is 0 Å². The van der Waals surface area contributed by atoms with Crippen molar-refractivity contribution in [1.29, 1.82) is 0 Å². The molecule has 176 valence electrons. The molecule has 5 rings (SSSR count). The van der Waals surface area contributed by atoms with Crippen LogP contribution in [0, 0.1) is 0 Å². The van der Waals surface area contributed by atoms with E-state index in [0.717, 1.165) is 63.5 Å². The molecule has 0 aliphatic carbocycles. The topological polar surface area (TPSA) is 69.8 Å². The molecule has 2 saturated heterocycles. The van der Waals surface area contributed by atoms with E-state index in [1.807, 2.05) is 0 Å². The summed E-state index contributed by atoms with van der Waals surface area (Å²) in [5, 5.41) is 14.7. The van der Waals surface area contributed by atoms with Gasteiger partial charge in [-0.25, -0.2) is 0 Å². The molecule has 0 radical (unpaired) electrons. The van der Waals surface area contributed by atoms with Crippen LogP contribution in [0.25, 0.3) is 5.57 Å². The number of fused-ring (bicyclic) bond motifs is 1. The fourth-order valence-electron chi connectivity index (χ4n) is 5.37. The lowest BCUT2D eigenvalue weighted by molar-refractivity contribution is 0.101. The third-order valence-corrected chi connectivity index (χ3v) is 7.10.